The van der Waals surface area contributed by atoms with Crippen LogP contribution >= 0.6 is 0 Å². The van der Waals surface area contributed by atoms with E-state index in [4.69, 9.17) is 5.73 Å². The number of hydrogen-bond acceptors (Lipinski definition) is 2. The molecule has 78 valence electrons. The van der Waals surface area contributed by atoms with Crippen molar-refractivity contribution in [2.24, 2.45) is 17.6 Å². The second-order valence-corrected chi connectivity index (χ2v) is 3.78. The van der Waals surface area contributed by atoms with Gasteiger partial charge >= 0.3 is 0 Å². The maximum Gasteiger partial charge on any atom is 0.222 e. The monoisotopic (exact) mass is 186 g/mol. The van der Waals surface area contributed by atoms with Crippen molar-refractivity contribution in [3.8, 4) is 0 Å². The molecule has 2 atom stereocenters. The Morgan fingerprint density at radius 1 is 1.46 bits per heavy atom. The Morgan fingerprint density at radius 2 is 2.08 bits per heavy atom. The molecule has 0 aliphatic heterocycles. The highest BCUT2D eigenvalue weighted by Crippen LogP contribution is 2.04. The second kappa shape index (κ2) is 6.89. The average Bonchev–Trinajstić information content (AvgIpc) is 2.13. The zero-order valence-corrected chi connectivity index (χ0v) is 8.97. The largest absolute Gasteiger partial charge is 0.356 e. The molecule has 0 fully saturated rings. The van der Waals surface area contributed by atoms with E-state index in [2.05, 4.69) is 12.2 Å². The number of hydrogen-bond donors (Lipinski definition) is 2. The van der Waals surface area contributed by atoms with E-state index >= 15 is 0 Å². The Balaban J connectivity index is 3.61. The molecule has 0 saturated carbocycles. The third kappa shape index (κ3) is 5.64. The molecule has 0 aliphatic carbocycles. The zero-order chi connectivity index (χ0) is 10.3. The topological polar surface area (TPSA) is 55.1 Å². The Hall–Kier alpha value is -0.570. The molecule has 0 aromatic carbocycles. The van der Waals surface area contributed by atoms with E-state index in [1.807, 2.05) is 13.8 Å². The lowest BCUT2D eigenvalue weighted by Crippen LogP contribution is -2.34. The summed E-state index contributed by atoms with van der Waals surface area (Å²) in [6.45, 7) is 7.41. The van der Waals surface area contributed by atoms with E-state index < -0.39 is 0 Å². The van der Waals surface area contributed by atoms with Crippen LogP contribution < -0.4 is 11.1 Å². The number of rotatable bonds is 6. The van der Waals surface area contributed by atoms with Crippen LogP contribution in [0.15, 0.2) is 0 Å². The number of amides is 1. The summed E-state index contributed by atoms with van der Waals surface area (Å²) in [5, 5.41) is 2.90. The number of nitrogens with two attached hydrogens (primary N) is 1. The second-order valence-electron chi connectivity index (χ2n) is 3.78. The summed E-state index contributed by atoms with van der Waals surface area (Å²) in [7, 11) is 0. The third-order valence-electron chi connectivity index (χ3n) is 2.20. The molecule has 1 amide bonds. The molecule has 0 aromatic heterocycles. The van der Waals surface area contributed by atoms with E-state index in [9.17, 15) is 4.79 Å². The number of carbonyl (C=O) groups excluding carboxylic acids is 1. The summed E-state index contributed by atoms with van der Waals surface area (Å²) in [6.07, 6.45) is 2.02. The van der Waals surface area contributed by atoms with Crippen molar-refractivity contribution in [2.75, 3.05) is 13.1 Å². The van der Waals surface area contributed by atoms with Gasteiger partial charge in [-0.25, -0.2) is 0 Å². The lowest BCUT2D eigenvalue weighted by molar-refractivity contribution is -0.124. The van der Waals surface area contributed by atoms with Gasteiger partial charge in [0, 0.05) is 12.5 Å². The lowest BCUT2D eigenvalue weighted by Gasteiger charge is -2.13. The summed E-state index contributed by atoms with van der Waals surface area (Å²) in [5.74, 6) is 0.662. The summed E-state index contributed by atoms with van der Waals surface area (Å²) < 4.78 is 0. The van der Waals surface area contributed by atoms with Gasteiger partial charge in [-0.15, -0.1) is 0 Å². The van der Waals surface area contributed by atoms with Gasteiger partial charge in [-0.05, 0) is 18.9 Å². The molecule has 0 bridgehead atoms. The van der Waals surface area contributed by atoms with E-state index in [1.165, 1.54) is 0 Å². The van der Waals surface area contributed by atoms with Gasteiger partial charge in [0.15, 0.2) is 0 Å². The summed E-state index contributed by atoms with van der Waals surface area (Å²) in [6, 6.07) is 0. The van der Waals surface area contributed by atoms with Gasteiger partial charge in [0.1, 0.15) is 0 Å². The van der Waals surface area contributed by atoms with Crippen molar-refractivity contribution in [2.45, 2.75) is 33.6 Å². The van der Waals surface area contributed by atoms with Crippen molar-refractivity contribution in [1.29, 1.82) is 0 Å². The molecule has 2 unspecified atom stereocenters. The number of nitrogens with one attached hydrogen (secondary N) is 1. The van der Waals surface area contributed by atoms with Crippen LogP contribution in [0.3, 0.4) is 0 Å². The van der Waals surface area contributed by atoms with E-state index in [1.54, 1.807) is 0 Å². The van der Waals surface area contributed by atoms with Crippen LogP contribution in [0.25, 0.3) is 0 Å². The van der Waals surface area contributed by atoms with E-state index in [0.29, 0.717) is 19.0 Å². The normalized spacial score (nSPS) is 15.1. The summed E-state index contributed by atoms with van der Waals surface area (Å²) in [4.78, 5) is 11.4. The molecule has 3 heteroatoms. The first kappa shape index (κ1) is 12.4. The van der Waals surface area contributed by atoms with Crippen LogP contribution in [0.4, 0.5) is 0 Å². The van der Waals surface area contributed by atoms with Crippen molar-refractivity contribution >= 4 is 5.91 Å². The molecule has 3 nitrogen and oxygen atoms in total. The Kier molecular flexibility index (Phi) is 6.59. The van der Waals surface area contributed by atoms with Gasteiger partial charge in [-0.3, -0.25) is 4.79 Å². The zero-order valence-electron chi connectivity index (χ0n) is 8.97. The molecule has 0 spiro atoms. The molecule has 0 radical (unpaired) electrons. The highest BCUT2D eigenvalue weighted by atomic mass is 16.1. The van der Waals surface area contributed by atoms with Gasteiger partial charge in [0.2, 0.25) is 5.91 Å². The lowest BCUT2D eigenvalue weighted by atomic mass is 10.1. The van der Waals surface area contributed by atoms with Crippen molar-refractivity contribution in [3.05, 3.63) is 0 Å². The van der Waals surface area contributed by atoms with E-state index in [0.717, 1.165) is 12.8 Å². The van der Waals surface area contributed by atoms with Crippen molar-refractivity contribution in [3.63, 3.8) is 0 Å². The summed E-state index contributed by atoms with van der Waals surface area (Å²) in [5.41, 5.74) is 5.44. The van der Waals surface area contributed by atoms with Gasteiger partial charge < -0.3 is 11.1 Å². The summed E-state index contributed by atoms with van der Waals surface area (Å²) >= 11 is 0. The SMILES string of the molecule is CCCC(C)C(=O)NCC(C)CN. The molecule has 0 heterocycles. The first-order chi connectivity index (χ1) is 6.11. The van der Waals surface area contributed by atoms with Crippen LogP contribution in [0, 0.1) is 11.8 Å². The Morgan fingerprint density at radius 3 is 2.54 bits per heavy atom. The van der Waals surface area contributed by atoms with Gasteiger partial charge in [0.05, 0.1) is 0 Å². The minimum Gasteiger partial charge on any atom is -0.356 e. The molecule has 0 rings (SSSR count). The fourth-order valence-electron chi connectivity index (χ4n) is 1.10. The van der Waals surface area contributed by atoms with Crippen LogP contribution in [-0.4, -0.2) is 19.0 Å². The Labute approximate surface area is 81.1 Å². The van der Waals surface area contributed by atoms with Crippen LogP contribution in [0.1, 0.15) is 33.6 Å². The van der Waals surface area contributed by atoms with Gasteiger partial charge in [-0.2, -0.15) is 0 Å². The molecular formula is C10H22N2O. The predicted octanol–water partition coefficient (Wildman–Crippen LogP) is 1.13. The van der Waals surface area contributed by atoms with Gasteiger partial charge in [0.25, 0.3) is 0 Å². The van der Waals surface area contributed by atoms with Crippen LogP contribution in [0.5, 0.6) is 0 Å². The highest BCUT2D eigenvalue weighted by molar-refractivity contribution is 5.78. The van der Waals surface area contributed by atoms with E-state index in [-0.39, 0.29) is 11.8 Å². The first-order valence-electron chi connectivity index (χ1n) is 5.09. The Bertz CT molecular complexity index is 148. The van der Waals surface area contributed by atoms with Crippen LogP contribution in [0.2, 0.25) is 0 Å². The third-order valence-corrected chi connectivity index (χ3v) is 2.20. The quantitative estimate of drug-likeness (QED) is 0.653. The maximum absolute atomic E-state index is 11.4. The average molecular weight is 186 g/mol. The minimum atomic E-state index is 0.134. The molecule has 3 N–H and O–H groups in total. The molecule has 0 aliphatic rings. The smallest absolute Gasteiger partial charge is 0.222 e. The molecular weight excluding hydrogens is 164 g/mol. The standard InChI is InChI=1S/C10H22N2O/c1-4-5-9(3)10(13)12-7-8(2)6-11/h8-9H,4-7,11H2,1-3H3,(H,12,13). The van der Waals surface area contributed by atoms with Crippen LogP contribution in [-0.2, 0) is 4.79 Å². The fourth-order valence-corrected chi connectivity index (χ4v) is 1.10. The fraction of sp³-hybridized carbons (Fsp3) is 0.900. The van der Waals surface area contributed by atoms with Crippen molar-refractivity contribution in [1.82, 2.24) is 5.32 Å². The van der Waals surface area contributed by atoms with Crippen molar-refractivity contribution < 1.29 is 4.79 Å². The molecule has 0 aromatic rings. The minimum absolute atomic E-state index is 0.134. The molecule has 13 heavy (non-hydrogen) atoms. The van der Waals surface area contributed by atoms with Gasteiger partial charge in [-0.1, -0.05) is 27.2 Å². The number of carbonyl (C=O) groups is 1. The first-order valence-corrected chi connectivity index (χ1v) is 5.09. The highest BCUT2D eigenvalue weighted by Gasteiger charge is 2.11. The molecule has 0 saturated heterocycles. The maximum atomic E-state index is 11.4. The predicted molar refractivity (Wildman–Crippen MR) is 55.3 cm³/mol.